The summed E-state index contributed by atoms with van der Waals surface area (Å²) >= 11 is 0. The van der Waals surface area contributed by atoms with Crippen LogP contribution in [0, 0.1) is 5.82 Å². The highest BCUT2D eigenvalue weighted by Crippen LogP contribution is 2.28. The van der Waals surface area contributed by atoms with Crippen molar-refractivity contribution >= 4 is 10.8 Å². The maximum absolute atomic E-state index is 13.1. The molecule has 150 valence electrons. The molecule has 0 fully saturated rings. The quantitative estimate of drug-likeness (QED) is 0.527. The molecule has 0 spiro atoms. The Bertz CT molecular complexity index is 855. The maximum atomic E-state index is 13.1. The first kappa shape index (κ1) is 22.2. The highest BCUT2D eigenvalue weighted by Gasteiger charge is 2.09. The molecular weight excluding hydrogens is 377 g/mol. The van der Waals surface area contributed by atoms with E-state index in [9.17, 15) is 4.39 Å². The van der Waals surface area contributed by atoms with Crippen molar-refractivity contribution in [1.29, 1.82) is 0 Å². The summed E-state index contributed by atoms with van der Waals surface area (Å²) in [4.78, 5) is 0. The average Bonchev–Trinajstić information content (AvgIpc) is 2.70. The van der Waals surface area contributed by atoms with E-state index < -0.39 is 0 Å². The molecule has 0 aliphatic heterocycles. The Kier molecular flexibility index (Phi) is 9.21. The van der Waals surface area contributed by atoms with Crippen LogP contribution in [-0.2, 0) is 17.9 Å². The fraction of sp³-hybridized carbons (Fsp3) is 0.304. The van der Waals surface area contributed by atoms with Crippen LogP contribution in [0.5, 0.6) is 5.75 Å². The smallest absolute Gasteiger partial charge is 0.124 e. The number of halogens is 2. The summed E-state index contributed by atoms with van der Waals surface area (Å²) in [5.41, 5.74) is 2.09. The average molecular weight is 403 g/mol. The summed E-state index contributed by atoms with van der Waals surface area (Å²) in [6.07, 6.45) is 0.977. The van der Waals surface area contributed by atoms with Crippen molar-refractivity contribution in [3.63, 3.8) is 0 Å². The minimum Gasteiger partial charge on any atom is -1.00 e. The van der Waals surface area contributed by atoms with E-state index in [0.29, 0.717) is 6.61 Å². The summed E-state index contributed by atoms with van der Waals surface area (Å²) < 4.78 is 24.5. The van der Waals surface area contributed by atoms with Crippen molar-refractivity contribution < 1.29 is 26.3 Å². The second-order valence-electron chi connectivity index (χ2n) is 6.41. The molecule has 0 heterocycles. The Morgan fingerprint density at radius 3 is 2.54 bits per heavy atom. The molecule has 0 amide bonds. The predicted octanol–water partition coefficient (Wildman–Crippen LogP) is 2.08. The lowest BCUT2D eigenvalue weighted by molar-refractivity contribution is -0.00000729. The summed E-state index contributed by atoms with van der Waals surface area (Å²) in [7, 11) is 0. The number of fused-ring (bicyclic) bond motifs is 1. The van der Waals surface area contributed by atoms with Gasteiger partial charge in [-0.25, -0.2) is 4.39 Å². The van der Waals surface area contributed by atoms with Gasteiger partial charge in [0, 0.05) is 25.3 Å². The second-order valence-corrected chi connectivity index (χ2v) is 6.41. The van der Waals surface area contributed by atoms with Gasteiger partial charge in [0.2, 0.25) is 0 Å². The summed E-state index contributed by atoms with van der Waals surface area (Å²) in [6, 6.07) is 18.8. The van der Waals surface area contributed by atoms with Crippen molar-refractivity contribution in [3.8, 4) is 5.75 Å². The van der Waals surface area contributed by atoms with Gasteiger partial charge in [0.05, 0.1) is 0 Å². The van der Waals surface area contributed by atoms with Crippen molar-refractivity contribution in [2.75, 3.05) is 19.8 Å². The molecule has 0 radical (unpaired) electrons. The molecule has 0 saturated carbocycles. The predicted molar refractivity (Wildman–Crippen MR) is 107 cm³/mol. The first-order valence-electron chi connectivity index (χ1n) is 9.44. The Balaban J connectivity index is 0.00000280. The molecule has 5 heteroatoms. The van der Waals surface area contributed by atoms with Crippen molar-refractivity contribution in [2.45, 2.75) is 26.5 Å². The molecule has 3 rings (SSSR count). The highest BCUT2D eigenvalue weighted by atomic mass is 35.5. The van der Waals surface area contributed by atoms with Gasteiger partial charge in [-0.2, -0.15) is 0 Å². The minimum absolute atomic E-state index is 0. The molecule has 0 unspecified atom stereocenters. The molecule has 3 aromatic carbocycles. The van der Waals surface area contributed by atoms with E-state index in [2.05, 4.69) is 23.5 Å². The summed E-state index contributed by atoms with van der Waals surface area (Å²) in [5, 5.41) is 5.87. The summed E-state index contributed by atoms with van der Waals surface area (Å²) in [6.45, 7) is 5.56. The Morgan fingerprint density at radius 1 is 0.964 bits per heavy atom. The highest BCUT2D eigenvalue weighted by molar-refractivity contribution is 5.87. The van der Waals surface area contributed by atoms with E-state index in [-0.39, 0.29) is 18.2 Å². The van der Waals surface area contributed by atoms with Crippen LogP contribution in [0.4, 0.5) is 4.39 Å². The SMILES string of the molecule is CCOCCCNCc1c(OCc2ccc(F)cc2)ccc2ccccc12.[Cl-]. The maximum Gasteiger partial charge on any atom is 0.124 e. The molecule has 3 aromatic rings. The molecule has 0 aromatic heterocycles. The van der Waals surface area contributed by atoms with Gasteiger partial charge in [0.1, 0.15) is 18.2 Å². The number of hydrogen-bond donors (Lipinski definition) is 1. The van der Waals surface area contributed by atoms with Gasteiger partial charge in [0.25, 0.3) is 0 Å². The van der Waals surface area contributed by atoms with Crippen LogP contribution in [0.3, 0.4) is 0 Å². The van der Waals surface area contributed by atoms with Crippen LogP contribution < -0.4 is 22.5 Å². The van der Waals surface area contributed by atoms with Gasteiger partial charge in [0.15, 0.2) is 0 Å². The standard InChI is InChI=1S/C23H26FNO2.ClH/c1-2-26-15-5-14-25-16-22-21-7-4-3-6-19(21)10-13-23(22)27-17-18-8-11-20(24)12-9-18;/h3-4,6-13,25H,2,5,14-17H2,1H3;1H/p-1. The second kappa shape index (κ2) is 11.6. The topological polar surface area (TPSA) is 30.5 Å². The van der Waals surface area contributed by atoms with Crippen LogP contribution >= 0.6 is 0 Å². The van der Waals surface area contributed by atoms with Crippen molar-refractivity contribution in [3.05, 3.63) is 77.6 Å². The molecule has 0 saturated heterocycles. The van der Waals surface area contributed by atoms with Crippen molar-refractivity contribution in [1.82, 2.24) is 5.32 Å². The van der Waals surface area contributed by atoms with E-state index in [1.54, 1.807) is 12.1 Å². The van der Waals surface area contributed by atoms with Crippen molar-refractivity contribution in [2.24, 2.45) is 0 Å². The zero-order valence-corrected chi connectivity index (χ0v) is 16.8. The van der Waals surface area contributed by atoms with E-state index in [0.717, 1.165) is 49.6 Å². The van der Waals surface area contributed by atoms with Crippen LogP contribution in [0.2, 0.25) is 0 Å². The van der Waals surface area contributed by atoms with Crippen LogP contribution in [0.25, 0.3) is 10.8 Å². The summed E-state index contributed by atoms with van der Waals surface area (Å²) in [5.74, 6) is 0.622. The number of hydrogen-bond acceptors (Lipinski definition) is 3. The van der Waals surface area contributed by atoms with Gasteiger partial charge < -0.3 is 27.2 Å². The Labute approximate surface area is 172 Å². The Hall–Kier alpha value is -2.14. The molecule has 3 nitrogen and oxygen atoms in total. The normalized spacial score (nSPS) is 10.6. The number of nitrogens with one attached hydrogen (secondary N) is 1. The van der Waals surface area contributed by atoms with Crippen LogP contribution in [-0.4, -0.2) is 19.8 Å². The molecule has 28 heavy (non-hydrogen) atoms. The zero-order valence-electron chi connectivity index (χ0n) is 16.1. The van der Waals surface area contributed by atoms with Gasteiger partial charge in [-0.15, -0.1) is 0 Å². The van der Waals surface area contributed by atoms with E-state index in [1.807, 2.05) is 25.1 Å². The monoisotopic (exact) mass is 402 g/mol. The molecule has 1 N–H and O–H groups in total. The molecule has 0 atom stereocenters. The number of ether oxygens (including phenoxy) is 2. The third-order valence-electron chi connectivity index (χ3n) is 4.45. The van der Waals surface area contributed by atoms with Crippen LogP contribution in [0.1, 0.15) is 24.5 Å². The molecule has 0 aliphatic carbocycles. The fourth-order valence-corrected chi connectivity index (χ4v) is 3.03. The lowest BCUT2D eigenvalue weighted by atomic mass is 10.0. The fourth-order valence-electron chi connectivity index (χ4n) is 3.03. The zero-order chi connectivity index (χ0) is 18.9. The van der Waals surface area contributed by atoms with E-state index in [1.165, 1.54) is 22.9 Å². The first-order valence-corrected chi connectivity index (χ1v) is 9.44. The van der Waals surface area contributed by atoms with E-state index in [4.69, 9.17) is 9.47 Å². The van der Waals surface area contributed by atoms with E-state index >= 15 is 0 Å². The van der Waals surface area contributed by atoms with Crippen LogP contribution in [0.15, 0.2) is 60.7 Å². The van der Waals surface area contributed by atoms with Gasteiger partial charge in [-0.05, 0) is 54.4 Å². The minimum atomic E-state index is -0.235. The lowest BCUT2D eigenvalue weighted by Crippen LogP contribution is -3.00. The Morgan fingerprint density at radius 2 is 1.75 bits per heavy atom. The van der Waals surface area contributed by atoms with Gasteiger partial charge >= 0.3 is 0 Å². The first-order chi connectivity index (χ1) is 13.3. The third-order valence-corrected chi connectivity index (χ3v) is 4.45. The number of benzene rings is 3. The van der Waals surface area contributed by atoms with Gasteiger partial charge in [-0.3, -0.25) is 0 Å². The molecular formula is C23H26ClFNO2-. The third kappa shape index (κ3) is 6.20. The van der Waals surface area contributed by atoms with Gasteiger partial charge in [-0.1, -0.05) is 42.5 Å². The number of rotatable bonds is 10. The lowest BCUT2D eigenvalue weighted by Gasteiger charge is -2.15. The molecule has 0 bridgehead atoms. The largest absolute Gasteiger partial charge is 1.00 e. The molecule has 0 aliphatic rings.